The molecule has 1 N–H and O–H groups in total. The van der Waals surface area contributed by atoms with Gasteiger partial charge in [0.25, 0.3) is 0 Å². The van der Waals surface area contributed by atoms with Gasteiger partial charge >= 0.3 is 0 Å². The minimum Gasteiger partial charge on any atom is -0.396 e. The number of halogens is 1. The highest BCUT2D eigenvalue weighted by molar-refractivity contribution is 5.64. The summed E-state index contributed by atoms with van der Waals surface area (Å²) in [6.45, 7) is 2.38. The third-order valence-electron chi connectivity index (χ3n) is 5.92. The molecule has 0 amide bonds. The lowest BCUT2D eigenvalue weighted by atomic mass is 9.77. The van der Waals surface area contributed by atoms with Crippen LogP contribution in [-0.2, 0) is 6.42 Å². The van der Waals surface area contributed by atoms with Crippen LogP contribution in [0.2, 0.25) is 0 Å². The molecular formula is C24H31FO. The molecule has 2 heteroatoms. The van der Waals surface area contributed by atoms with Gasteiger partial charge in [-0.05, 0) is 78.7 Å². The summed E-state index contributed by atoms with van der Waals surface area (Å²) in [5.41, 5.74) is 4.11. The highest BCUT2D eigenvalue weighted by Crippen LogP contribution is 2.38. The third kappa shape index (κ3) is 4.73. The van der Waals surface area contributed by atoms with Gasteiger partial charge in [0, 0.05) is 6.61 Å². The molecule has 1 fully saturated rings. The quantitative estimate of drug-likeness (QED) is 0.602. The Morgan fingerprint density at radius 1 is 0.962 bits per heavy atom. The number of benzene rings is 2. The van der Waals surface area contributed by atoms with E-state index in [1.54, 1.807) is 6.07 Å². The Morgan fingerprint density at radius 3 is 2.27 bits per heavy atom. The molecule has 0 aromatic heterocycles. The number of aryl methyl sites for hydroxylation is 1. The van der Waals surface area contributed by atoms with Gasteiger partial charge in [0.05, 0.1) is 0 Å². The summed E-state index contributed by atoms with van der Waals surface area (Å²) >= 11 is 0. The first-order chi connectivity index (χ1) is 12.7. The summed E-state index contributed by atoms with van der Waals surface area (Å²) in [5, 5.41) is 8.90. The summed E-state index contributed by atoms with van der Waals surface area (Å²) in [7, 11) is 0. The van der Waals surface area contributed by atoms with Gasteiger partial charge in [-0.3, -0.25) is 0 Å². The molecule has 2 aromatic rings. The van der Waals surface area contributed by atoms with Gasteiger partial charge in [0.15, 0.2) is 0 Å². The molecule has 1 nitrogen and oxygen atoms in total. The van der Waals surface area contributed by atoms with Crippen molar-refractivity contribution in [3.63, 3.8) is 0 Å². The minimum atomic E-state index is -0.172. The summed E-state index contributed by atoms with van der Waals surface area (Å²) in [5.74, 6) is 1.45. The molecule has 1 aliphatic rings. The van der Waals surface area contributed by atoms with Crippen LogP contribution >= 0.6 is 0 Å². The van der Waals surface area contributed by atoms with Gasteiger partial charge in [0.2, 0.25) is 0 Å². The van der Waals surface area contributed by atoms with Crippen LogP contribution in [0.3, 0.4) is 0 Å². The van der Waals surface area contributed by atoms with Crippen molar-refractivity contribution in [2.75, 3.05) is 6.61 Å². The van der Waals surface area contributed by atoms with Crippen LogP contribution < -0.4 is 0 Å². The van der Waals surface area contributed by atoms with Gasteiger partial charge in [-0.1, -0.05) is 56.2 Å². The molecule has 0 bridgehead atoms. The van der Waals surface area contributed by atoms with Gasteiger partial charge in [-0.25, -0.2) is 4.39 Å². The average molecular weight is 355 g/mol. The molecule has 0 spiro atoms. The van der Waals surface area contributed by atoms with E-state index in [4.69, 9.17) is 5.11 Å². The molecule has 1 aliphatic carbocycles. The normalized spacial score (nSPS) is 20.3. The van der Waals surface area contributed by atoms with Gasteiger partial charge in [-0.15, -0.1) is 0 Å². The van der Waals surface area contributed by atoms with Crippen molar-refractivity contribution < 1.29 is 9.50 Å². The Morgan fingerprint density at radius 2 is 1.65 bits per heavy atom. The molecule has 1 saturated carbocycles. The number of rotatable bonds is 7. The SMILES string of the molecule is CCCC1CCC(c2ccc(-c3ccc(CCCO)c(F)c3)cc2)CC1. The van der Waals surface area contributed by atoms with Crippen LogP contribution in [0.4, 0.5) is 4.39 Å². The monoisotopic (exact) mass is 354 g/mol. The van der Waals surface area contributed by atoms with Crippen LogP contribution in [-0.4, -0.2) is 11.7 Å². The first kappa shape index (κ1) is 19.1. The average Bonchev–Trinajstić information content (AvgIpc) is 2.68. The summed E-state index contributed by atoms with van der Waals surface area (Å²) < 4.78 is 14.2. The smallest absolute Gasteiger partial charge is 0.127 e. The van der Waals surface area contributed by atoms with E-state index in [-0.39, 0.29) is 12.4 Å². The van der Waals surface area contributed by atoms with Crippen molar-refractivity contribution in [2.24, 2.45) is 5.92 Å². The maximum absolute atomic E-state index is 14.2. The van der Waals surface area contributed by atoms with Crippen molar-refractivity contribution in [3.8, 4) is 11.1 Å². The second kappa shape index (κ2) is 9.32. The zero-order chi connectivity index (χ0) is 18.4. The lowest BCUT2D eigenvalue weighted by Gasteiger charge is -2.28. The Hall–Kier alpha value is -1.67. The van der Waals surface area contributed by atoms with E-state index in [9.17, 15) is 4.39 Å². The van der Waals surface area contributed by atoms with Crippen LogP contribution in [0.15, 0.2) is 42.5 Å². The predicted octanol–water partition coefficient (Wildman–Crippen LogP) is 6.49. The maximum atomic E-state index is 14.2. The largest absolute Gasteiger partial charge is 0.396 e. The fourth-order valence-electron chi connectivity index (χ4n) is 4.34. The third-order valence-corrected chi connectivity index (χ3v) is 5.92. The zero-order valence-electron chi connectivity index (χ0n) is 15.9. The Kier molecular flexibility index (Phi) is 6.85. The van der Waals surface area contributed by atoms with E-state index in [1.165, 1.54) is 44.1 Å². The van der Waals surface area contributed by atoms with Gasteiger partial charge < -0.3 is 5.11 Å². The Labute approximate surface area is 157 Å². The molecule has 3 rings (SSSR count). The van der Waals surface area contributed by atoms with Crippen LogP contribution in [0.5, 0.6) is 0 Å². The number of hydrogen-bond acceptors (Lipinski definition) is 1. The molecular weight excluding hydrogens is 323 g/mol. The van der Waals surface area contributed by atoms with Gasteiger partial charge in [0.1, 0.15) is 5.82 Å². The van der Waals surface area contributed by atoms with Crippen molar-refractivity contribution >= 4 is 0 Å². The molecule has 0 unspecified atom stereocenters. The molecule has 2 aromatic carbocycles. The molecule has 140 valence electrons. The van der Waals surface area contributed by atoms with Crippen molar-refractivity contribution in [3.05, 3.63) is 59.4 Å². The first-order valence-corrected chi connectivity index (χ1v) is 10.2. The van der Waals surface area contributed by atoms with Crippen LogP contribution in [0.25, 0.3) is 11.1 Å². The lowest BCUT2D eigenvalue weighted by molar-refractivity contribution is 0.288. The fourth-order valence-corrected chi connectivity index (χ4v) is 4.34. The zero-order valence-corrected chi connectivity index (χ0v) is 15.9. The molecule has 26 heavy (non-hydrogen) atoms. The first-order valence-electron chi connectivity index (χ1n) is 10.2. The molecule has 0 radical (unpaired) electrons. The Bertz CT molecular complexity index is 684. The minimum absolute atomic E-state index is 0.100. The van der Waals surface area contributed by atoms with Crippen molar-refractivity contribution in [1.29, 1.82) is 0 Å². The molecule has 0 aliphatic heterocycles. The fraction of sp³-hybridized carbons (Fsp3) is 0.500. The van der Waals surface area contributed by atoms with Crippen molar-refractivity contribution in [2.45, 2.75) is 64.2 Å². The number of hydrogen-bond donors (Lipinski definition) is 1. The van der Waals surface area contributed by atoms with E-state index in [0.717, 1.165) is 17.0 Å². The number of aliphatic hydroxyl groups excluding tert-OH is 1. The van der Waals surface area contributed by atoms with Crippen LogP contribution in [0.1, 0.15) is 68.9 Å². The molecule has 0 heterocycles. The molecule has 0 saturated heterocycles. The number of aliphatic hydroxyl groups is 1. The second-order valence-corrected chi connectivity index (χ2v) is 7.76. The lowest BCUT2D eigenvalue weighted by Crippen LogP contribution is -2.13. The topological polar surface area (TPSA) is 20.2 Å². The summed E-state index contributed by atoms with van der Waals surface area (Å²) in [6, 6.07) is 14.2. The standard InChI is InChI=1S/C24H31FO/c1-2-4-18-6-8-19(9-7-18)20-10-12-21(13-11-20)23-15-14-22(5-3-16-26)24(25)17-23/h10-15,17-19,26H,2-9,16H2,1H3. The van der Waals surface area contributed by atoms with E-state index < -0.39 is 0 Å². The van der Waals surface area contributed by atoms with Gasteiger partial charge in [-0.2, -0.15) is 0 Å². The van der Waals surface area contributed by atoms with E-state index in [2.05, 4.69) is 31.2 Å². The molecule has 0 atom stereocenters. The van der Waals surface area contributed by atoms with E-state index in [1.807, 2.05) is 12.1 Å². The highest BCUT2D eigenvalue weighted by Gasteiger charge is 2.21. The van der Waals surface area contributed by atoms with Crippen LogP contribution in [0, 0.1) is 11.7 Å². The second-order valence-electron chi connectivity index (χ2n) is 7.76. The van der Waals surface area contributed by atoms with Crippen molar-refractivity contribution in [1.82, 2.24) is 0 Å². The van der Waals surface area contributed by atoms with E-state index >= 15 is 0 Å². The Balaban J connectivity index is 1.65. The maximum Gasteiger partial charge on any atom is 0.127 e. The highest BCUT2D eigenvalue weighted by atomic mass is 19.1. The summed E-state index contributed by atoms with van der Waals surface area (Å²) in [4.78, 5) is 0. The van der Waals surface area contributed by atoms with E-state index in [0.29, 0.717) is 24.3 Å². The summed E-state index contributed by atoms with van der Waals surface area (Å²) in [6.07, 6.45) is 9.20. The predicted molar refractivity (Wildman–Crippen MR) is 107 cm³/mol.